The molecule has 2 aromatic rings. The quantitative estimate of drug-likeness (QED) is 0.693. The van der Waals surface area contributed by atoms with Gasteiger partial charge in [0.1, 0.15) is 11.8 Å². The molecule has 0 spiro atoms. The third-order valence-electron chi connectivity index (χ3n) is 4.67. The number of nitrogens with one attached hydrogen (secondary N) is 1. The van der Waals surface area contributed by atoms with E-state index in [4.69, 9.17) is 4.74 Å². The van der Waals surface area contributed by atoms with Gasteiger partial charge in [0, 0.05) is 5.69 Å². The fourth-order valence-electron chi connectivity index (χ4n) is 3.23. The van der Waals surface area contributed by atoms with E-state index in [0.29, 0.717) is 18.0 Å². The van der Waals surface area contributed by atoms with Crippen LogP contribution in [0.1, 0.15) is 44.7 Å². The summed E-state index contributed by atoms with van der Waals surface area (Å²) in [4.78, 5) is 13.0. The monoisotopic (exact) mass is 418 g/mol. The van der Waals surface area contributed by atoms with E-state index in [-0.39, 0.29) is 11.8 Å². The number of sulfonamides is 1. The lowest BCUT2D eigenvalue weighted by Crippen LogP contribution is -2.45. The summed E-state index contributed by atoms with van der Waals surface area (Å²) in [5.74, 6) is 0.474. The van der Waals surface area contributed by atoms with Gasteiger partial charge in [0.15, 0.2) is 0 Å². The number of rotatable bonds is 8. The molecule has 0 unspecified atom stereocenters. The molecule has 0 aliphatic rings. The maximum Gasteiger partial charge on any atom is 0.248 e. The van der Waals surface area contributed by atoms with Crippen molar-refractivity contribution in [1.29, 1.82) is 0 Å². The van der Waals surface area contributed by atoms with E-state index in [1.165, 1.54) is 0 Å². The van der Waals surface area contributed by atoms with Gasteiger partial charge in [-0.25, -0.2) is 8.42 Å². The van der Waals surface area contributed by atoms with Crippen LogP contribution >= 0.6 is 0 Å². The van der Waals surface area contributed by atoms with Crippen molar-refractivity contribution in [3.05, 3.63) is 53.6 Å². The first-order valence-corrected chi connectivity index (χ1v) is 11.5. The molecule has 1 N–H and O–H groups in total. The Labute approximate surface area is 173 Å². The third kappa shape index (κ3) is 5.50. The SMILES string of the molecule is CCOc1ccc(N([C@H](C)C(=O)Nc2c(C)cccc2C(C)C)S(C)(=O)=O)cc1. The minimum atomic E-state index is -3.68. The zero-order valence-corrected chi connectivity index (χ0v) is 18.7. The molecule has 0 saturated heterocycles. The lowest BCUT2D eigenvalue weighted by atomic mass is 9.98. The van der Waals surface area contributed by atoms with Gasteiger partial charge in [0.25, 0.3) is 0 Å². The van der Waals surface area contributed by atoms with E-state index in [1.54, 1.807) is 31.2 Å². The van der Waals surface area contributed by atoms with Crippen molar-refractivity contribution in [1.82, 2.24) is 0 Å². The number of carbonyl (C=O) groups excluding carboxylic acids is 1. The number of amides is 1. The second kappa shape index (κ2) is 9.31. The number of anilines is 2. The van der Waals surface area contributed by atoms with Gasteiger partial charge < -0.3 is 10.1 Å². The van der Waals surface area contributed by atoms with Gasteiger partial charge in [0.05, 0.1) is 18.6 Å². The average molecular weight is 419 g/mol. The van der Waals surface area contributed by atoms with E-state index >= 15 is 0 Å². The van der Waals surface area contributed by atoms with Crippen LogP contribution in [0.5, 0.6) is 5.75 Å². The normalized spacial score (nSPS) is 12.5. The molecule has 158 valence electrons. The number of ether oxygens (including phenoxy) is 1. The van der Waals surface area contributed by atoms with E-state index < -0.39 is 16.1 Å². The first kappa shape index (κ1) is 22.7. The number of carbonyl (C=O) groups is 1. The van der Waals surface area contributed by atoms with Crippen LogP contribution in [-0.2, 0) is 14.8 Å². The molecule has 2 rings (SSSR count). The van der Waals surface area contributed by atoms with Gasteiger partial charge in [-0.2, -0.15) is 0 Å². The largest absolute Gasteiger partial charge is 0.494 e. The van der Waals surface area contributed by atoms with Crippen LogP contribution < -0.4 is 14.4 Å². The van der Waals surface area contributed by atoms with Gasteiger partial charge in [-0.05, 0) is 62.1 Å². The highest BCUT2D eigenvalue weighted by Gasteiger charge is 2.30. The molecular formula is C22H30N2O4S. The molecule has 0 aliphatic heterocycles. The topological polar surface area (TPSA) is 75.7 Å². The van der Waals surface area contributed by atoms with Crippen molar-refractivity contribution in [2.45, 2.75) is 46.6 Å². The third-order valence-corrected chi connectivity index (χ3v) is 5.91. The van der Waals surface area contributed by atoms with Crippen molar-refractivity contribution in [3.8, 4) is 5.75 Å². The van der Waals surface area contributed by atoms with Gasteiger partial charge in [0.2, 0.25) is 15.9 Å². The van der Waals surface area contributed by atoms with Crippen molar-refractivity contribution in [2.24, 2.45) is 0 Å². The average Bonchev–Trinajstić information content (AvgIpc) is 2.63. The number of para-hydroxylation sites is 1. The Morgan fingerprint density at radius 1 is 1.10 bits per heavy atom. The molecule has 0 fully saturated rings. The highest BCUT2D eigenvalue weighted by Crippen LogP contribution is 2.29. The Morgan fingerprint density at radius 3 is 2.24 bits per heavy atom. The molecule has 7 heteroatoms. The van der Waals surface area contributed by atoms with Crippen molar-refractivity contribution in [3.63, 3.8) is 0 Å². The fourth-order valence-corrected chi connectivity index (χ4v) is 4.41. The summed E-state index contributed by atoms with van der Waals surface area (Å²) >= 11 is 0. The molecule has 0 radical (unpaired) electrons. The van der Waals surface area contributed by atoms with Crippen LogP contribution in [0.4, 0.5) is 11.4 Å². The molecule has 2 aromatic carbocycles. The Hall–Kier alpha value is -2.54. The van der Waals surface area contributed by atoms with E-state index in [9.17, 15) is 13.2 Å². The maximum atomic E-state index is 13.0. The van der Waals surface area contributed by atoms with Crippen LogP contribution in [0.2, 0.25) is 0 Å². The Balaban J connectivity index is 2.35. The molecular weight excluding hydrogens is 388 g/mol. The van der Waals surface area contributed by atoms with Gasteiger partial charge in [-0.1, -0.05) is 32.0 Å². The van der Waals surface area contributed by atoms with Crippen molar-refractivity contribution in [2.75, 3.05) is 22.5 Å². The lowest BCUT2D eigenvalue weighted by Gasteiger charge is -2.29. The molecule has 0 saturated carbocycles. The zero-order chi connectivity index (χ0) is 21.8. The summed E-state index contributed by atoms with van der Waals surface area (Å²) in [6, 6.07) is 11.6. The molecule has 0 aromatic heterocycles. The number of hydrogen-bond donors (Lipinski definition) is 1. The van der Waals surface area contributed by atoms with Gasteiger partial charge in [-0.15, -0.1) is 0 Å². The smallest absolute Gasteiger partial charge is 0.248 e. The Morgan fingerprint density at radius 2 is 1.72 bits per heavy atom. The number of benzene rings is 2. The summed E-state index contributed by atoms with van der Waals surface area (Å²) in [6.07, 6.45) is 1.10. The van der Waals surface area contributed by atoms with E-state index in [1.807, 2.05) is 32.0 Å². The predicted octanol–water partition coefficient (Wildman–Crippen LogP) is 4.31. The standard InChI is InChI=1S/C22H30N2O4S/c1-7-28-19-13-11-18(12-14-19)24(29(6,26)27)17(5)22(25)23-21-16(4)9-8-10-20(21)15(2)3/h8-15,17H,7H2,1-6H3,(H,23,25)/t17-/m1/s1. The molecule has 0 heterocycles. The minimum Gasteiger partial charge on any atom is -0.494 e. The predicted molar refractivity (Wildman–Crippen MR) is 118 cm³/mol. The van der Waals surface area contributed by atoms with Gasteiger partial charge >= 0.3 is 0 Å². The van der Waals surface area contributed by atoms with Crippen LogP contribution in [-0.4, -0.2) is 33.2 Å². The first-order valence-electron chi connectivity index (χ1n) is 9.68. The molecule has 1 atom stereocenters. The maximum absolute atomic E-state index is 13.0. The van der Waals surface area contributed by atoms with E-state index in [0.717, 1.165) is 27.4 Å². The Kier molecular flexibility index (Phi) is 7.30. The van der Waals surface area contributed by atoms with Crippen molar-refractivity contribution >= 4 is 27.3 Å². The first-order chi connectivity index (χ1) is 13.6. The molecule has 0 bridgehead atoms. The Bertz CT molecular complexity index is 953. The molecule has 29 heavy (non-hydrogen) atoms. The summed E-state index contributed by atoms with van der Waals surface area (Å²) in [5.41, 5.74) is 3.09. The minimum absolute atomic E-state index is 0.220. The van der Waals surface area contributed by atoms with E-state index in [2.05, 4.69) is 19.2 Å². The highest BCUT2D eigenvalue weighted by atomic mass is 32.2. The van der Waals surface area contributed by atoms with Crippen LogP contribution in [0, 0.1) is 6.92 Å². The summed E-state index contributed by atoms with van der Waals surface area (Å²) in [6.45, 7) is 10.0. The second-order valence-corrected chi connectivity index (χ2v) is 9.20. The fraction of sp³-hybridized carbons (Fsp3) is 0.409. The molecule has 1 amide bonds. The number of nitrogens with zero attached hydrogens (tertiary/aromatic N) is 1. The molecule has 6 nitrogen and oxygen atoms in total. The van der Waals surface area contributed by atoms with Crippen LogP contribution in [0.25, 0.3) is 0 Å². The van der Waals surface area contributed by atoms with Crippen LogP contribution in [0.3, 0.4) is 0 Å². The highest BCUT2D eigenvalue weighted by molar-refractivity contribution is 7.92. The summed E-state index contributed by atoms with van der Waals surface area (Å²) in [7, 11) is -3.68. The summed E-state index contributed by atoms with van der Waals surface area (Å²) in [5, 5.41) is 2.94. The second-order valence-electron chi connectivity index (χ2n) is 7.34. The zero-order valence-electron chi connectivity index (χ0n) is 17.9. The lowest BCUT2D eigenvalue weighted by molar-refractivity contribution is -0.116. The van der Waals surface area contributed by atoms with Gasteiger partial charge in [-0.3, -0.25) is 9.10 Å². The summed E-state index contributed by atoms with van der Waals surface area (Å²) < 4.78 is 31.5. The molecule has 0 aliphatic carbocycles. The number of aryl methyl sites for hydroxylation is 1. The van der Waals surface area contributed by atoms with Crippen LogP contribution in [0.15, 0.2) is 42.5 Å². The number of hydrogen-bond acceptors (Lipinski definition) is 4. The van der Waals surface area contributed by atoms with Crippen molar-refractivity contribution < 1.29 is 17.9 Å².